The minimum Gasteiger partial charge on any atom is -0.219 e. The van der Waals surface area contributed by atoms with Gasteiger partial charge in [0.15, 0.2) is 0 Å². The van der Waals surface area contributed by atoms with E-state index in [9.17, 15) is 4.39 Å². The molecule has 1 aromatic heterocycles. The SMILES string of the molecule is CCCCCCn1nnc(CCC)c1F. The van der Waals surface area contributed by atoms with Gasteiger partial charge in [-0.3, -0.25) is 0 Å². The van der Waals surface area contributed by atoms with Crippen LogP contribution in [0.4, 0.5) is 4.39 Å². The van der Waals surface area contributed by atoms with Crippen LogP contribution in [0.15, 0.2) is 0 Å². The van der Waals surface area contributed by atoms with Crippen LogP contribution in [0.3, 0.4) is 0 Å². The van der Waals surface area contributed by atoms with Crippen molar-refractivity contribution in [2.45, 2.75) is 58.9 Å². The molecule has 0 radical (unpaired) electrons. The first-order valence-corrected chi connectivity index (χ1v) is 5.87. The highest BCUT2D eigenvalue weighted by Gasteiger charge is 2.10. The van der Waals surface area contributed by atoms with Crippen LogP contribution < -0.4 is 0 Å². The number of nitrogens with zero attached hydrogens (tertiary/aromatic N) is 3. The monoisotopic (exact) mass is 213 g/mol. The number of hydrogen-bond donors (Lipinski definition) is 0. The van der Waals surface area contributed by atoms with Crippen LogP contribution in [0.5, 0.6) is 0 Å². The first kappa shape index (κ1) is 12.1. The molecule has 1 heterocycles. The van der Waals surface area contributed by atoms with Gasteiger partial charge in [-0.1, -0.05) is 44.7 Å². The number of aryl methyl sites for hydroxylation is 2. The largest absolute Gasteiger partial charge is 0.234 e. The molecule has 0 aliphatic carbocycles. The Hall–Kier alpha value is -0.930. The molecular weight excluding hydrogens is 193 g/mol. The third-order valence-corrected chi connectivity index (χ3v) is 2.45. The van der Waals surface area contributed by atoms with Gasteiger partial charge in [0.05, 0.1) is 0 Å². The molecule has 0 unspecified atom stereocenters. The highest BCUT2D eigenvalue weighted by atomic mass is 19.1. The molecular formula is C11H20FN3. The van der Waals surface area contributed by atoms with Gasteiger partial charge < -0.3 is 0 Å². The second-order valence-corrected chi connectivity index (χ2v) is 3.86. The van der Waals surface area contributed by atoms with Crippen LogP contribution in [0, 0.1) is 5.95 Å². The lowest BCUT2D eigenvalue weighted by molar-refractivity contribution is 0.428. The smallest absolute Gasteiger partial charge is 0.219 e. The number of halogens is 1. The second kappa shape index (κ2) is 6.53. The van der Waals surface area contributed by atoms with Crippen LogP contribution in [0.1, 0.15) is 51.6 Å². The molecule has 0 amide bonds. The van der Waals surface area contributed by atoms with Crippen molar-refractivity contribution >= 4 is 0 Å². The van der Waals surface area contributed by atoms with Crippen molar-refractivity contribution in [3.05, 3.63) is 11.6 Å². The van der Waals surface area contributed by atoms with E-state index in [1.807, 2.05) is 6.92 Å². The van der Waals surface area contributed by atoms with Gasteiger partial charge in [0, 0.05) is 6.54 Å². The lowest BCUT2D eigenvalue weighted by Crippen LogP contribution is -2.04. The number of rotatable bonds is 7. The van der Waals surface area contributed by atoms with E-state index >= 15 is 0 Å². The molecule has 0 fully saturated rings. The Morgan fingerprint density at radius 1 is 1.13 bits per heavy atom. The molecule has 3 nitrogen and oxygen atoms in total. The van der Waals surface area contributed by atoms with Gasteiger partial charge in [0.2, 0.25) is 5.95 Å². The fourth-order valence-electron chi connectivity index (χ4n) is 1.56. The Labute approximate surface area is 90.7 Å². The van der Waals surface area contributed by atoms with E-state index in [2.05, 4.69) is 17.2 Å². The van der Waals surface area contributed by atoms with E-state index in [0.29, 0.717) is 18.7 Å². The van der Waals surface area contributed by atoms with Crippen molar-refractivity contribution in [1.29, 1.82) is 0 Å². The Kier molecular flexibility index (Phi) is 5.29. The summed E-state index contributed by atoms with van der Waals surface area (Å²) < 4.78 is 15.0. The van der Waals surface area contributed by atoms with Crippen molar-refractivity contribution in [2.75, 3.05) is 0 Å². The summed E-state index contributed by atoms with van der Waals surface area (Å²) in [6.07, 6.45) is 6.11. The predicted molar refractivity (Wildman–Crippen MR) is 58.1 cm³/mol. The molecule has 1 aromatic rings. The molecule has 15 heavy (non-hydrogen) atoms. The quantitative estimate of drug-likeness (QED) is 0.652. The van der Waals surface area contributed by atoms with E-state index in [1.54, 1.807) is 0 Å². The highest BCUT2D eigenvalue weighted by molar-refractivity contribution is 4.95. The van der Waals surface area contributed by atoms with Gasteiger partial charge in [-0.05, 0) is 12.8 Å². The summed E-state index contributed by atoms with van der Waals surface area (Å²) in [5.41, 5.74) is 0.507. The van der Waals surface area contributed by atoms with Gasteiger partial charge >= 0.3 is 0 Å². The first-order chi connectivity index (χ1) is 7.29. The van der Waals surface area contributed by atoms with Gasteiger partial charge in [0.1, 0.15) is 5.69 Å². The lowest BCUT2D eigenvalue weighted by atomic mass is 10.2. The Balaban J connectivity index is 2.40. The summed E-state index contributed by atoms with van der Waals surface area (Å²) in [5.74, 6) is -0.242. The minimum atomic E-state index is -0.242. The highest BCUT2D eigenvalue weighted by Crippen LogP contribution is 2.07. The van der Waals surface area contributed by atoms with Crippen LogP contribution in [0.2, 0.25) is 0 Å². The summed E-state index contributed by atoms with van der Waals surface area (Å²) in [5, 5.41) is 7.67. The molecule has 0 saturated heterocycles. The zero-order valence-corrected chi connectivity index (χ0v) is 9.67. The van der Waals surface area contributed by atoms with E-state index in [4.69, 9.17) is 0 Å². The van der Waals surface area contributed by atoms with Crippen molar-refractivity contribution in [2.24, 2.45) is 0 Å². The van der Waals surface area contributed by atoms with Crippen molar-refractivity contribution < 1.29 is 4.39 Å². The number of hydrogen-bond acceptors (Lipinski definition) is 2. The zero-order valence-electron chi connectivity index (χ0n) is 9.67. The summed E-state index contributed by atoms with van der Waals surface area (Å²) in [6.45, 7) is 4.83. The molecule has 1 rings (SSSR count). The molecule has 0 N–H and O–H groups in total. The molecule has 86 valence electrons. The average molecular weight is 213 g/mol. The molecule has 0 spiro atoms. The van der Waals surface area contributed by atoms with E-state index in [0.717, 1.165) is 19.3 Å². The van der Waals surface area contributed by atoms with Gasteiger partial charge in [-0.15, -0.1) is 5.10 Å². The maximum atomic E-state index is 13.6. The lowest BCUT2D eigenvalue weighted by Gasteiger charge is -2.00. The van der Waals surface area contributed by atoms with Crippen LogP contribution in [0.25, 0.3) is 0 Å². The van der Waals surface area contributed by atoms with Crippen molar-refractivity contribution in [1.82, 2.24) is 15.0 Å². The molecule has 0 atom stereocenters. The topological polar surface area (TPSA) is 30.7 Å². The van der Waals surface area contributed by atoms with E-state index in [1.165, 1.54) is 17.5 Å². The summed E-state index contributed by atoms with van der Waals surface area (Å²) in [4.78, 5) is 0. The van der Waals surface area contributed by atoms with E-state index in [-0.39, 0.29) is 5.95 Å². The predicted octanol–water partition coefficient (Wildman–Crippen LogP) is 2.95. The fourth-order valence-corrected chi connectivity index (χ4v) is 1.56. The Bertz CT molecular complexity index is 283. The Morgan fingerprint density at radius 2 is 1.93 bits per heavy atom. The fraction of sp³-hybridized carbons (Fsp3) is 0.818. The third kappa shape index (κ3) is 3.61. The maximum Gasteiger partial charge on any atom is 0.234 e. The molecule has 0 aliphatic heterocycles. The summed E-state index contributed by atoms with van der Waals surface area (Å²) in [6, 6.07) is 0. The molecule has 4 heteroatoms. The van der Waals surface area contributed by atoms with Crippen molar-refractivity contribution in [3.8, 4) is 0 Å². The van der Waals surface area contributed by atoms with Gasteiger partial charge in [-0.2, -0.15) is 4.39 Å². The van der Waals surface area contributed by atoms with E-state index < -0.39 is 0 Å². The second-order valence-electron chi connectivity index (χ2n) is 3.86. The van der Waals surface area contributed by atoms with Gasteiger partial charge in [-0.25, -0.2) is 4.68 Å². The van der Waals surface area contributed by atoms with Gasteiger partial charge in [0.25, 0.3) is 0 Å². The molecule has 0 bridgehead atoms. The van der Waals surface area contributed by atoms with Crippen LogP contribution in [-0.2, 0) is 13.0 Å². The summed E-state index contributed by atoms with van der Waals surface area (Å²) >= 11 is 0. The standard InChI is InChI=1S/C11H20FN3/c1-3-5-6-7-9-15-11(12)10(8-4-2)13-14-15/h3-9H2,1-2H3. The normalized spacial score (nSPS) is 10.9. The van der Waals surface area contributed by atoms with Crippen LogP contribution in [-0.4, -0.2) is 15.0 Å². The maximum absolute atomic E-state index is 13.6. The third-order valence-electron chi connectivity index (χ3n) is 2.45. The molecule has 0 saturated carbocycles. The number of unbranched alkanes of at least 4 members (excludes halogenated alkanes) is 3. The minimum absolute atomic E-state index is 0.242. The molecule has 0 aromatic carbocycles. The zero-order chi connectivity index (χ0) is 11.1. The number of aromatic nitrogens is 3. The average Bonchev–Trinajstić information content (AvgIpc) is 2.57. The molecule has 0 aliphatic rings. The first-order valence-electron chi connectivity index (χ1n) is 5.87. The summed E-state index contributed by atoms with van der Waals surface area (Å²) in [7, 11) is 0. The Morgan fingerprint density at radius 3 is 2.60 bits per heavy atom. The van der Waals surface area contributed by atoms with Crippen LogP contribution >= 0.6 is 0 Å². The van der Waals surface area contributed by atoms with Crippen molar-refractivity contribution in [3.63, 3.8) is 0 Å².